The van der Waals surface area contributed by atoms with Crippen LogP contribution in [0.5, 0.6) is 0 Å². The van der Waals surface area contributed by atoms with Crippen molar-refractivity contribution >= 4 is 17.8 Å². The molecule has 1 aliphatic rings. The van der Waals surface area contributed by atoms with E-state index in [4.69, 9.17) is 0 Å². The Labute approximate surface area is 225 Å². The molecule has 1 N–H and O–H groups in total. The number of benzene rings is 3. The number of carbonyl (C=O) groups excluding carboxylic acids is 1. The SMILES string of the molecule is Cc1ccc(-n2c(C)cc(/C=N\NC(=O)c3ccc(CN4CCN(c5ccccc5)CC4)cc3)c2C)cc1. The minimum atomic E-state index is -0.211. The van der Waals surface area contributed by atoms with Crippen molar-refractivity contribution in [1.82, 2.24) is 14.9 Å². The molecule has 6 heteroatoms. The Balaban J connectivity index is 1.14. The topological polar surface area (TPSA) is 52.9 Å². The third kappa shape index (κ3) is 5.87. The number of nitrogens with zero attached hydrogens (tertiary/aromatic N) is 4. The molecule has 0 unspecified atom stereocenters. The van der Waals surface area contributed by atoms with Gasteiger partial charge < -0.3 is 9.47 Å². The molecular formula is C32H35N5O. The van der Waals surface area contributed by atoms with Crippen molar-refractivity contribution in [3.63, 3.8) is 0 Å². The maximum absolute atomic E-state index is 12.7. The first-order valence-electron chi connectivity index (χ1n) is 13.2. The fourth-order valence-electron chi connectivity index (χ4n) is 5.06. The highest BCUT2D eigenvalue weighted by Gasteiger charge is 2.17. The molecular weight excluding hydrogens is 470 g/mol. The summed E-state index contributed by atoms with van der Waals surface area (Å²) in [7, 11) is 0. The van der Waals surface area contributed by atoms with Crippen LogP contribution in [0.1, 0.15) is 38.4 Å². The van der Waals surface area contributed by atoms with Gasteiger partial charge in [-0.15, -0.1) is 0 Å². The predicted octanol–water partition coefficient (Wildman–Crippen LogP) is 5.49. The van der Waals surface area contributed by atoms with Gasteiger partial charge in [-0.25, -0.2) is 5.43 Å². The molecule has 0 bridgehead atoms. The van der Waals surface area contributed by atoms with Crippen molar-refractivity contribution in [3.05, 3.63) is 119 Å². The van der Waals surface area contributed by atoms with Crippen LogP contribution in [0.3, 0.4) is 0 Å². The molecule has 1 aromatic heterocycles. The number of hydrogen-bond acceptors (Lipinski definition) is 4. The second kappa shape index (κ2) is 11.5. The molecule has 1 amide bonds. The summed E-state index contributed by atoms with van der Waals surface area (Å²) in [6.07, 6.45) is 1.72. The van der Waals surface area contributed by atoms with E-state index >= 15 is 0 Å². The third-order valence-electron chi connectivity index (χ3n) is 7.25. The average Bonchev–Trinajstić information content (AvgIpc) is 3.23. The second-order valence-electron chi connectivity index (χ2n) is 9.99. The zero-order chi connectivity index (χ0) is 26.5. The van der Waals surface area contributed by atoms with Crippen LogP contribution < -0.4 is 10.3 Å². The van der Waals surface area contributed by atoms with Gasteiger partial charge in [0, 0.05) is 66.6 Å². The molecule has 0 atom stereocenters. The normalized spacial score (nSPS) is 14.2. The number of amides is 1. The number of aryl methyl sites for hydroxylation is 2. The molecule has 0 spiro atoms. The summed E-state index contributed by atoms with van der Waals surface area (Å²) in [5.74, 6) is -0.211. The lowest BCUT2D eigenvalue weighted by atomic mass is 10.1. The van der Waals surface area contributed by atoms with Crippen molar-refractivity contribution in [2.24, 2.45) is 5.10 Å². The Morgan fingerprint density at radius 3 is 2.21 bits per heavy atom. The molecule has 4 aromatic rings. The molecule has 0 aliphatic carbocycles. The number of piperazine rings is 1. The van der Waals surface area contributed by atoms with Crippen molar-refractivity contribution in [2.75, 3.05) is 31.1 Å². The molecule has 0 saturated carbocycles. The van der Waals surface area contributed by atoms with Crippen LogP contribution in [0, 0.1) is 20.8 Å². The predicted molar refractivity (Wildman–Crippen MR) is 155 cm³/mol. The average molecular weight is 506 g/mol. The molecule has 0 radical (unpaired) electrons. The summed E-state index contributed by atoms with van der Waals surface area (Å²) in [6, 6.07) is 29.0. The Kier molecular flexibility index (Phi) is 7.70. The first-order chi connectivity index (χ1) is 18.5. The van der Waals surface area contributed by atoms with Gasteiger partial charge in [-0.2, -0.15) is 5.10 Å². The summed E-state index contributed by atoms with van der Waals surface area (Å²) in [5.41, 5.74) is 11.3. The van der Waals surface area contributed by atoms with Gasteiger partial charge in [0.2, 0.25) is 0 Å². The number of anilines is 1. The van der Waals surface area contributed by atoms with Gasteiger partial charge in [-0.3, -0.25) is 9.69 Å². The van der Waals surface area contributed by atoms with E-state index in [2.05, 4.69) is 106 Å². The van der Waals surface area contributed by atoms with Gasteiger partial charge in [0.05, 0.1) is 6.21 Å². The molecule has 1 aliphatic heterocycles. The van der Waals surface area contributed by atoms with Gasteiger partial charge in [-0.05, 0) is 68.8 Å². The quantitative estimate of drug-likeness (QED) is 0.267. The number of rotatable bonds is 7. The van der Waals surface area contributed by atoms with E-state index in [1.165, 1.54) is 16.8 Å². The lowest BCUT2D eigenvalue weighted by molar-refractivity contribution is 0.0955. The number of para-hydroxylation sites is 1. The summed E-state index contributed by atoms with van der Waals surface area (Å²) in [5, 5.41) is 4.24. The molecule has 2 heterocycles. The third-order valence-corrected chi connectivity index (χ3v) is 7.25. The van der Waals surface area contributed by atoms with Crippen LogP contribution in [0.4, 0.5) is 5.69 Å². The second-order valence-corrected chi connectivity index (χ2v) is 9.99. The highest BCUT2D eigenvalue weighted by molar-refractivity contribution is 5.95. The Morgan fingerprint density at radius 2 is 1.53 bits per heavy atom. The van der Waals surface area contributed by atoms with E-state index in [1.54, 1.807) is 6.21 Å². The molecule has 194 valence electrons. The Morgan fingerprint density at radius 1 is 0.842 bits per heavy atom. The number of hydrogen-bond donors (Lipinski definition) is 1. The van der Waals surface area contributed by atoms with E-state index in [9.17, 15) is 4.79 Å². The van der Waals surface area contributed by atoms with Gasteiger partial charge in [0.1, 0.15) is 0 Å². The highest BCUT2D eigenvalue weighted by atomic mass is 16.2. The lowest BCUT2D eigenvalue weighted by Crippen LogP contribution is -2.45. The smallest absolute Gasteiger partial charge is 0.271 e. The van der Waals surface area contributed by atoms with E-state index in [-0.39, 0.29) is 5.91 Å². The minimum Gasteiger partial charge on any atom is -0.369 e. The molecule has 3 aromatic carbocycles. The van der Waals surface area contributed by atoms with Crippen molar-refractivity contribution in [2.45, 2.75) is 27.3 Å². The number of nitrogens with one attached hydrogen (secondary N) is 1. The first kappa shape index (κ1) is 25.5. The van der Waals surface area contributed by atoms with Crippen LogP contribution in [-0.2, 0) is 6.54 Å². The maximum Gasteiger partial charge on any atom is 0.271 e. The molecule has 1 fully saturated rings. The van der Waals surface area contributed by atoms with Gasteiger partial charge in [-0.1, -0.05) is 48.0 Å². The largest absolute Gasteiger partial charge is 0.369 e. The summed E-state index contributed by atoms with van der Waals surface area (Å²) in [4.78, 5) is 17.6. The number of carbonyl (C=O) groups is 1. The van der Waals surface area contributed by atoms with Crippen molar-refractivity contribution in [1.29, 1.82) is 0 Å². The van der Waals surface area contributed by atoms with Crippen molar-refractivity contribution in [3.8, 4) is 5.69 Å². The fraction of sp³-hybridized carbons (Fsp3) is 0.250. The maximum atomic E-state index is 12.7. The standard InChI is InChI=1S/C32H35N5O/c1-24-9-15-31(16-10-24)37-25(2)21-29(26(37)3)22-33-34-32(38)28-13-11-27(12-14-28)23-35-17-19-36(20-18-35)30-7-5-4-6-8-30/h4-16,21-22H,17-20,23H2,1-3H3,(H,34,38)/b33-22-. The van der Waals surface area contributed by atoms with Crippen LogP contribution in [0.15, 0.2) is 90.0 Å². The molecule has 1 saturated heterocycles. The molecule has 5 rings (SSSR count). The zero-order valence-corrected chi connectivity index (χ0v) is 22.4. The first-order valence-corrected chi connectivity index (χ1v) is 13.2. The Bertz CT molecular complexity index is 1400. The van der Waals surface area contributed by atoms with Gasteiger partial charge in [0.25, 0.3) is 5.91 Å². The van der Waals surface area contributed by atoms with Crippen LogP contribution in [0.25, 0.3) is 5.69 Å². The van der Waals surface area contributed by atoms with Gasteiger partial charge >= 0.3 is 0 Å². The summed E-state index contributed by atoms with van der Waals surface area (Å²) in [6.45, 7) is 11.2. The monoisotopic (exact) mass is 505 g/mol. The summed E-state index contributed by atoms with van der Waals surface area (Å²) < 4.78 is 2.20. The molecule has 6 nitrogen and oxygen atoms in total. The van der Waals surface area contributed by atoms with E-state index < -0.39 is 0 Å². The Hall–Kier alpha value is -4.16. The van der Waals surface area contributed by atoms with Crippen molar-refractivity contribution < 1.29 is 4.79 Å². The zero-order valence-electron chi connectivity index (χ0n) is 22.4. The van der Waals surface area contributed by atoms with E-state index in [1.807, 2.05) is 24.3 Å². The minimum absolute atomic E-state index is 0.211. The van der Waals surface area contributed by atoms with Crippen LogP contribution >= 0.6 is 0 Å². The lowest BCUT2D eigenvalue weighted by Gasteiger charge is -2.36. The number of hydrazone groups is 1. The molecule has 38 heavy (non-hydrogen) atoms. The number of aromatic nitrogens is 1. The highest BCUT2D eigenvalue weighted by Crippen LogP contribution is 2.20. The van der Waals surface area contributed by atoms with E-state index in [0.717, 1.165) is 55.4 Å². The fourth-order valence-corrected chi connectivity index (χ4v) is 5.06. The van der Waals surface area contributed by atoms with Gasteiger partial charge in [0.15, 0.2) is 0 Å². The van der Waals surface area contributed by atoms with Crippen LogP contribution in [-0.4, -0.2) is 47.8 Å². The summed E-state index contributed by atoms with van der Waals surface area (Å²) >= 11 is 0. The van der Waals surface area contributed by atoms with E-state index in [0.29, 0.717) is 5.56 Å². The van der Waals surface area contributed by atoms with Crippen LogP contribution in [0.2, 0.25) is 0 Å².